The van der Waals surface area contributed by atoms with Gasteiger partial charge in [-0.3, -0.25) is 4.79 Å². The molecule has 6 nitrogen and oxygen atoms in total. The van der Waals surface area contributed by atoms with Gasteiger partial charge in [0.25, 0.3) is 0 Å². The highest BCUT2D eigenvalue weighted by molar-refractivity contribution is 7.99. The van der Waals surface area contributed by atoms with Crippen LogP contribution in [0.15, 0.2) is 35.5 Å². The van der Waals surface area contributed by atoms with Gasteiger partial charge in [-0.05, 0) is 5.92 Å². The van der Waals surface area contributed by atoms with E-state index in [0.717, 1.165) is 5.56 Å². The van der Waals surface area contributed by atoms with Gasteiger partial charge in [0.15, 0.2) is 5.82 Å². The topological polar surface area (TPSA) is 83.0 Å². The molecule has 0 aliphatic rings. The van der Waals surface area contributed by atoms with Crippen molar-refractivity contribution in [3.63, 3.8) is 0 Å². The minimum absolute atomic E-state index is 0.164. The van der Waals surface area contributed by atoms with Gasteiger partial charge in [-0.15, -0.1) is 10.2 Å². The summed E-state index contributed by atoms with van der Waals surface area (Å²) in [5.74, 6) is 6.73. The maximum Gasteiger partial charge on any atom is 0.316 e. The summed E-state index contributed by atoms with van der Waals surface area (Å²) in [6.07, 6.45) is 0. The highest BCUT2D eigenvalue weighted by Gasteiger charge is 2.14. The van der Waals surface area contributed by atoms with Crippen molar-refractivity contribution >= 4 is 17.7 Å². The molecule has 112 valence electrons. The number of benzene rings is 1. The number of carbonyl (C=O) groups excluding carboxylic acids is 1. The largest absolute Gasteiger partial charge is 0.465 e. The van der Waals surface area contributed by atoms with Gasteiger partial charge >= 0.3 is 5.97 Å². The SMILES string of the molecule is CC(C)COC(=O)CSc1nnc(-c2ccccc2)n1N. The van der Waals surface area contributed by atoms with E-state index in [9.17, 15) is 4.79 Å². The Kier molecular flexibility index (Phi) is 5.21. The van der Waals surface area contributed by atoms with Crippen LogP contribution in [0.4, 0.5) is 0 Å². The van der Waals surface area contributed by atoms with Crippen LogP contribution < -0.4 is 5.84 Å². The van der Waals surface area contributed by atoms with Gasteiger partial charge in [-0.1, -0.05) is 55.9 Å². The van der Waals surface area contributed by atoms with Crippen molar-refractivity contribution in [1.82, 2.24) is 14.9 Å². The molecule has 21 heavy (non-hydrogen) atoms. The molecule has 2 aromatic rings. The molecule has 0 unspecified atom stereocenters. The Balaban J connectivity index is 1.97. The van der Waals surface area contributed by atoms with E-state index in [0.29, 0.717) is 23.5 Å². The number of rotatable bonds is 6. The third-order valence-corrected chi connectivity index (χ3v) is 3.51. The van der Waals surface area contributed by atoms with E-state index in [2.05, 4.69) is 10.2 Å². The molecule has 2 rings (SSSR count). The second-order valence-corrected chi connectivity index (χ2v) is 5.85. The fourth-order valence-corrected chi connectivity index (χ4v) is 2.24. The summed E-state index contributed by atoms with van der Waals surface area (Å²) in [6.45, 7) is 4.40. The van der Waals surface area contributed by atoms with E-state index in [-0.39, 0.29) is 11.7 Å². The second-order valence-electron chi connectivity index (χ2n) is 4.91. The van der Waals surface area contributed by atoms with Crippen LogP contribution in [0.25, 0.3) is 11.4 Å². The maximum absolute atomic E-state index is 11.6. The third-order valence-electron chi connectivity index (χ3n) is 2.59. The third kappa shape index (κ3) is 4.22. The highest BCUT2D eigenvalue weighted by atomic mass is 32.2. The Morgan fingerprint density at radius 1 is 1.33 bits per heavy atom. The molecular weight excluding hydrogens is 288 g/mol. The first-order valence-electron chi connectivity index (χ1n) is 6.62. The first-order chi connectivity index (χ1) is 10.1. The standard InChI is InChI=1S/C14H18N4O2S/c1-10(2)8-20-12(19)9-21-14-17-16-13(18(14)15)11-6-4-3-5-7-11/h3-7,10H,8-9,15H2,1-2H3. The number of carbonyl (C=O) groups is 1. The zero-order valence-corrected chi connectivity index (χ0v) is 12.8. The number of thioether (sulfide) groups is 1. The van der Waals surface area contributed by atoms with Crippen molar-refractivity contribution in [3.05, 3.63) is 30.3 Å². The van der Waals surface area contributed by atoms with Crippen LogP contribution in [0.1, 0.15) is 13.8 Å². The molecular formula is C14H18N4O2S. The lowest BCUT2D eigenvalue weighted by atomic mass is 10.2. The van der Waals surface area contributed by atoms with Crippen molar-refractivity contribution in [2.24, 2.45) is 5.92 Å². The normalized spacial score (nSPS) is 10.8. The minimum Gasteiger partial charge on any atom is -0.465 e. The molecule has 1 aromatic heterocycles. The summed E-state index contributed by atoms with van der Waals surface area (Å²) in [4.78, 5) is 11.6. The summed E-state index contributed by atoms with van der Waals surface area (Å²) < 4.78 is 6.48. The van der Waals surface area contributed by atoms with Crippen LogP contribution >= 0.6 is 11.8 Å². The van der Waals surface area contributed by atoms with Crippen molar-refractivity contribution < 1.29 is 9.53 Å². The smallest absolute Gasteiger partial charge is 0.316 e. The number of aromatic nitrogens is 3. The van der Waals surface area contributed by atoms with Gasteiger partial charge < -0.3 is 10.6 Å². The van der Waals surface area contributed by atoms with Crippen LogP contribution in [0.3, 0.4) is 0 Å². The molecule has 0 bridgehead atoms. The Hall–Kier alpha value is -2.02. The Labute approximate surface area is 127 Å². The molecule has 0 atom stereocenters. The number of ether oxygens (including phenoxy) is 1. The summed E-state index contributed by atoms with van der Waals surface area (Å²) >= 11 is 1.21. The van der Waals surface area contributed by atoms with Crippen molar-refractivity contribution in [2.45, 2.75) is 19.0 Å². The average molecular weight is 306 g/mol. The number of nitrogen functional groups attached to an aromatic ring is 1. The van der Waals surface area contributed by atoms with Crippen LogP contribution in [0.5, 0.6) is 0 Å². The number of nitrogens with zero attached hydrogens (tertiary/aromatic N) is 3. The van der Waals surface area contributed by atoms with Gasteiger partial charge in [0.2, 0.25) is 5.16 Å². The zero-order chi connectivity index (χ0) is 15.2. The summed E-state index contributed by atoms with van der Waals surface area (Å²) in [5.41, 5.74) is 0.877. The van der Waals surface area contributed by atoms with Crippen LogP contribution in [0, 0.1) is 5.92 Å². The number of nitrogens with two attached hydrogens (primary N) is 1. The summed E-state index contributed by atoms with van der Waals surface area (Å²) in [5, 5.41) is 8.54. The van der Waals surface area contributed by atoms with Gasteiger partial charge in [-0.2, -0.15) is 0 Å². The van der Waals surface area contributed by atoms with Crippen LogP contribution in [-0.2, 0) is 9.53 Å². The molecule has 1 heterocycles. The van der Waals surface area contributed by atoms with E-state index in [1.165, 1.54) is 16.4 Å². The average Bonchev–Trinajstić information content (AvgIpc) is 2.85. The predicted molar refractivity (Wildman–Crippen MR) is 82.1 cm³/mol. The Morgan fingerprint density at radius 3 is 2.71 bits per heavy atom. The molecule has 0 aliphatic carbocycles. The van der Waals surface area contributed by atoms with Crippen molar-refractivity contribution in [2.75, 3.05) is 18.2 Å². The van der Waals surface area contributed by atoms with E-state index >= 15 is 0 Å². The van der Waals surface area contributed by atoms with E-state index in [1.54, 1.807) is 0 Å². The lowest BCUT2D eigenvalue weighted by molar-refractivity contribution is -0.141. The van der Waals surface area contributed by atoms with Crippen LogP contribution in [0.2, 0.25) is 0 Å². The monoisotopic (exact) mass is 306 g/mol. The van der Waals surface area contributed by atoms with Crippen molar-refractivity contribution in [3.8, 4) is 11.4 Å². The van der Waals surface area contributed by atoms with Gasteiger partial charge in [0.05, 0.1) is 12.4 Å². The van der Waals surface area contributed by atoms with Crippen LogP contribution in [-0.4, -0.2) is 33.2 Å². The molecule has 0 saturated carbocycles. The first-order valence-corrected chi connectivity index (χ1v) is 7.61. The number of esters is 1. The predicted octanol–water partition coefficient (Wildman–Crippen LogP) is 1.95. The molecule has 0 saturated heterocycles. The molecule has 0 radical (unpaired) electrons. The summed E-state index contributed by atoms with van der Waals surface area (Å²) in [7, 11) is 0. The lowest BCUT2D eigenvalue weighted by Gasteiger charge is -2.06. The fraction of sp³-hybridized carbons (Fsp3) is 0.357. The van der Waals surface area contributed by atoms with Crippen molar-refractivity contribution in [1.29, 1.82) is 0 Å². The molecule has 0 spiro atoms. The van der Waals surface area contributed by atoms with E-state index in [1.807, 2.05) is 44.2 Å². The number of hydrogen-bond donors (Lipinski definition) is 1. The molecule has 7 heteroatoms. The van der Waals surface area contributed by atoms with E-state index in [4.69, 9.17) is 10.6 Å². The molecule has 1 aromatic carbocycles. The van der Waals surface area contributed by atoms with Gasteiger partial charge in [0.1, 0.15) is 0 Å². The minimum atomic E-state index is -0.280. The Morgan fingerprint density at radius 2 is 2.05 bits per heavy atom. The number of hydrogen-bond acceptors (Lipinski definition) is 6. The molecule has 0 fully saturated rings. The maximum atomic E-state index is 11.6. The fourth-order valence-electron chi connectivity index (χ4n) is 1.58. The second kappa shape index (κ2) is 7.12. The Bertz CT molecular complexity index is 598. The molecule has 2 N–H and O–H groups in total. The highest BCUT2D eigenvalue weighted by Crippen LogP contribution is 2.21. The lowest BCUT2D eigenvalue weighted by Crippen LogP contribution is -2.14. The van der Waals surface area contributed by atoms with E-state index < -0.39 is 0 Å². The quantitative estimate of drug-likeness (QED) is 0.499. The van der Waals surface area contributed by atoms with Gasteiger partial charge in [-0.25, -0.2) is 4.68 Å². The summed E-state index contributed by atoms with van der Waals surface area (Å²) in [6, 6.07) is 9.53. The zero-order valence-electron chi connectivity index (χ0n) is 12.0. The van der Waals surface area contributed by atoms with Gasteiger partial charge in [0, 0.05) is 5.56 Å². The molecule has 0 aliphatic heterocycles. The first kappa shape index (κ1) is 15.4. The molecule has 0 amide bonds.